The standard InChI is InChI=1S/C42H26N4/c1-2-13-27(14-3-1)41-42(44-34-20-9-8-19-33(34)43-41)46-38-24-12-23-37(40(38)32-25-28-15-4-5-16-29(28)26-39(32)46)45-35-21-10-6-17-30(35)31-18-7-11-22-36(31)45/h1-26H. The van der Waals surface area contributed by atoms with Crippen LogP contribution in [0.25, 0.3) is 88.2 Å². The topological polar surface area (TPSA) is 35.6 Å². The molecule has 0 unspecified atom stereocenters. The fourth-order valence-corrected chi connectivity index (χ4v) is 7.27. The molecule has 0 N–H and O–H groups in total. The molecule has 0 aliphatic heterocycles. The second kappa shape index (κ2) is 9.62. The van der Waals surface area contributed by atoms with Crippen LogP contribution in [0.15, 0.2) is 158 Å². The number of para-hydroxylation sites is 4. The van der Waals surface area contributed by atoms with Crippen molar-refractivity contribution in [3.8, 4) is 22.8 Å². The summed E-state index contributed by atoms with van der Waals surface area (Å²) in [4.78, 5) is 10.6. The van der Waals surface area contributed by atoms with E-state index in [-0.39, 0.29) is 0 Å². The van der Waals surface area contributed by atoms with E-state index in [0.29, 0.717) is 0 Å². The number of fused-ring (bicyclic) bond motifs is 8. The predicted molar refractivity (Wildman–Crippen MR) is 191 cm³/mol. The van der Waals surface area contributed by atoms with E-state index in [4.69, 9.17) is 9.97 Å². The van der Waals surface area contributed by atoms with Crippen molar-refractivity contribution in [3.05, 3.63) is 158 Å². The summed E-state index contributed by atoms with van der Waals surface area (Å²) >= 11 is 0. The molecule has 0 fully saturated rings. The van der Waals surface area contributed by atoms with Gasteiger partial charge in [0.05, 0.1) is 38.8 Å². The zero-order valence-electron chi connectivity index (χ0n) is 24.8. The van der Waals surface area contributed by atoms with Gasteiger partial charge in [-0.15, -0.1) is 0 Å². The van der Waals surface area contributed by atoms with Gasteiger partial charge in [0.2, 0.25) is 0 Å². The van der Waals surface area contributed by atoms with Crippen molar-refractivity contribution in [2.75, 3.05) is 0 Å². The maximum atomic E-state index is 5.36. The van der Waals surface area contributed by atoms with Crippen molar-refractivity contribution < 1.29 is 0 Å². The minimum Gasteiger partial charge on any atom is -0.309 e. The van der Waals surface area contributed by atoms with Gasteiger partial charge in [-0.3, -0.25) is 4.57 Å². The van der Waals surface area contributed by atoms with E-state index in [1.54, 1.807) is 0 Å². The maximum absolute atomic E-state index is 5.36. The van der Waals surface area contributed by atoms with Crippen molar-refractivity contribution in [2.45, 2.75) is 0 Å². The normalized spacial score (nSPS) is 11.9. The van der Waals surface area contributed by atoms with Crippen LogP contribution >= 0.6 is 0 Å². The van der Waals surface area contributed by atoms with E-state index in [1.807, 2.05) is 30.3 Å². The summed E-state index contributed by atoms with van der Waals surface area (Å²) in [7, 11) is 0. The summed E-state index contributed by atoms with van der Waals surface area (Å²) in [5.74, 6) is 0.819. The predicted octanol–water partition coefficient (Wildman–Crippen LogP) is 10.6. The Morgan fingerprint density at radius 3 is 1.72 bits per heavy atom. The van der Waals surface area contributed by atoms with Gasteiger partial charge in [-0.2, -0.15) is 0 Å². The molecule has 46 heavy (non-hydrogen) atoms. The highest BCUT2D eigenvalue weighted by atomic mass is 15.1. The van der Waals surface area contributed by atoms with Gasteiger partial charge in [-0.1, -0.05) is 109 Å². The zero-order chi connectivity index (χ0) is 30.2. The lowest BCUT2D eigenvalue weighted by molar-refractivity contribution is 1.08. The minimum absolute atomic E-state index is 0.819. The molecule has 0 aliphatic rings. The molecule has 4 heteroatoms. The van der Waals surface area contributed by atoms with Crippen LogP contribution in [0.2, 0.25) is 0 Å². The molecule has 10 rings (SSSR count). The van der Waals surface area contributed by atoms with Crippen LogP contribution in [0.4, 0.5) is 0 Å². The highest BCUT2D eigenvalue weighted by Crippen LogP contribution is 2.42. The first-order valence-electron chi connectivity index (χ1n) is 15.6. The Hall–Kier alpha value is -6.26. The molecule has 0 atom stereocenters. The SMILES string of the molecule is c1ccc(-c2nc3ccccc3nc2-n2c3cc4ccccc4cc3c3c(-n4c5ccccc5c5ccccc54)cccc32)cc1. The molecule has 3 heterocycles. The van der Waals surface area contributed by atoms with Gasteiger partial charge in [0.25, 0.3) is 0 Å². The highest BCUT2D eigenvalue weighted by molar-refractivity contribution is 6.19. The molecular weight excluding hydrogens is 560 g/mol. The van der Waals surface area contributed by atoms with Crippen LogP contribution in [-0.2, 0) is 0 Å². The summed E-state index contributed by atoms with van der Waals surface area (Å²) in [6.07, 6.45) is 0. The fourth-order valence-electron chi connectivity index (χ4n) is 7.27. The molecule has 214 valence electrons. The Labute approximate surface area is 264 Å². The Morgan fingerprint density at radius 2 is 0.978 bits per heavy atom. The van der Waals surface area contributed by atoms with Gasteiger partial charge < -0.3 is 4.57 Å². The van der Waals surface area contributed by atoms with Crippen LogP contribution in [0.5, 0.6) is 0 Å². The first kappa shape index (κ1) is 25.1. The van der Waals surface area contributed by atoms with Crippen molar-refractivity contribution in [3.63, 3.8) is 0 Å². The molecule has 10 aromatic rings. The number of rotatable bonds is 3. The fraction of sp³-hybridized carbons (Fsp3) is 0. The lowest BCUT2D eigenvalue weighted by Gasteiger charge is -2.14. The van der Waals surface area contributed by atoms with Crippen LogP contribution in [0.1, 0.15) is 0 Å². The third-order valence-corrected chi connectivity index (χ3v) is 9.27. The Bertz CT molecular complexity index is 2750. The van der Waals surface area contributed by atoms with Crippen molar-refractivity contribution in [1.29, 1.82) is 0 Å². The summed E-state index contributed by atoms with van der Waals surface area (Å²) in [5.41, 5.74) is 9.34. The first-order chi connectivity index (χ1) is 22.8. The molecule has 3 aromatic heterocycles. The van der Waals surface area contributed by atoms with E-state index < -0.39 is 0 Å². The molecule has 0 saturated heterocycles. The lowest BCUT2D eigenvalue weighted by Crippen LogP contribution is -2.04. The summed E-state index contributed by atoms with van der Waals surface area (Å²) in [6.45, 7) is 0. The molecular formula is C42H26N4. The van der Waals surface area contributed by atoms with Gasteiger partial charge in [0.1, 0.15) is 5.69 Å². The van der Waals surface area contributed by atoms with Crippen LogP contribution in [0.3, 0.4) is 0 Å². The van der Waals surface area contributed by atoms with Crippen molar-refractivity contribution >= 4 is 65.4 Å². The summed E-state index contributed by atoms with van der Waals surface area (Å²) in [6, 6.07) is 55.9. The smallest absolute Gasteiger partial charge is 0.165 e. The molecule has 4 nitrogen and oxygen atoms in total. The number of hydrogen-bond donors (Lipinski definition) is 0. The zero-order valence-corrected chi connectivity index (χ0v) is 24.8. The van der Waals surface area contributed by atoms with Crippen LogP contribution in [0, 0.1) is 0 Å². The lowest BCUT2D eigenvalue weighted by atomic mass is 10.0. The molecule has 0 spiro atoms. The van der Waals surface area contributed by atoms with E-state index >= 15 is 0 Å². The molecule has 0 radical (unpaired) electrons. The Morgan fingerprint density at radius 1 is 0.391 bits per heavy atom. The summed E-state index contributed by atoms with van der Waals surface area (Å²) in [5, 5.41) is 7.25. The number of benzene rings is 7. The number of hydrogen-bond acceptors (Lipinski definition) is 2. The van der Waals surface area contributed by atoms with Crippen LogP contribution < -0.4 is 0 Å². The van der Waals surface area contributed by atoms with Crippen LogP contribution in [-0.4, -0.2) is 19.1 Å². The number of nitrogens with zero attached hydrogens (tertiary/aromatic N) is 4. The van der Waals surface area contributed by atoms with E-state index in [2.05, 4.69) is 137 Å². The van der Waals surface area contributed by atoms with Crippen molar-refractivity contribution in [2.24, 2.45) is 0 Å². The van der Waals surface area contributed by atoms with Gasteiger partial charge in [0.15, 0.2) is 5.82 Å². The minimum atomic E-state index is 0.819. The highest BCUT2D eigenvalue weighted by Gasteiger charge is 2.23. The molecule has 0 saturated carbocycles. The Kier molecular flexibility index (Phi) is 5.25. The van der Waals surface area contributed by atoms with E-state index in [9.17, 15) is 0 Å². The molecule has 7 aromatic carbocycles. The quantitative estimate of drug-likeness (QED) is 0.206. The first-order valence-corrected chi connectivity index (χ1v) is 15.6. The van der Waals surface area contributed by atoms with E-state index in [1.165, 1.54) is 43.4 Å². The largest absolute Gasteiger partial charge is 0.309 e. The Balaban J connectivity index is 1.41. The average molecular weight is 587 g/mol. The second-order valence-electron chi connectivity index (χ2n) is 11.8. The molecule has 0 amide bonds. The van der Waals surface area contributed by atoms with E-state index in [0.717, 1.165) is 44.8 Å². The monoisotopic (exact) mass is 586 g/mol. The third kappa shape index (κ3) is 3.55. The van der Waals surface area contributed by atoms with Gasteiger partial charge in [-0.05, 0) is 59.3 Å². The molecule has 0 aliphatic carbocycles. The second-order valence-corrected chi connectivity index (χ2v) is 11.8. The van der Waals surface area contributed by atoms with Gasteiger partial charge in [0, 0.05) is 27.1 Å². The van der Waals surface area contributed by atoms with Gasteiger partial charge in [-0.25, -0.2) is 9.97 Å². The molecule has 0 bridgehead atoms. The average Bonchev–Trinajstić information content (AvgIpc) is 3.63. The van der Waals surface area contributed by atoms with Gasteiger partial charge >= 0.3 is 0 Å². The third-order valence-electron chi connectivity index (χ3n) is 9.27. The summed E-state index contributed by atoms with van der Waals surface area (Å²) < 4.78 is 4.76. The maximum Gasteiger partial charge on any atom is 0.165 e. The number of aromatic nitrogens is 4. The van der Waals surface area contributed by atoms with Crippen molar-refractivity contribution in [1.82, 2.24) is 19.1 Å².